The van der Waals surface area contributed by atoms with Crippen molar-refractivity contribution in [2.45, 2.75) is 46.7 Å². The predicted octanol–water partition coefficient (Wildman–Crippen LogP) is 3.80. The third-order valence-corrected chi connectivity index (χ3v) is 5.60. The van der Waals surface area contributed by atoms with Crippen LogP contribution in [0, 0.1) is 25.5 Å². The average Bonchev–Trinajstić information content (AvgIpc) is 2.94. The number of aromatic nitrogens is 1. The second-order valence-corrected chi connectivity index (χ2v) is 7.61. The van der Waals surface area contributed by atoms with E-state index in [0.29, 0.717) is 24.5 Å². The van der Waals surface area contributed by atoms with Crippen LogP contribution in [0.5, 0.6) is 0 Å². The van der Waals surface area contributed by atoms with Crippen molar-refractivity contribution in [2.24, 2.45) is 0 Å². The molecule has 0 bridgehead atoms. The zero-order valence-corrected chi connectivity index (χ0v) is 17.5. The number of ether oxygens (including phenoxy) is 1. The van der Waals surface area contributed by atoms with Crippen LogP contribution < -0.4 is 10.2 Å². The first kappa shape index (κ1) is 21.3. The van der Waals surface area contributed by atoms with Crippen LogP contribution in [-0.2, 0) is 11.3 Å². The minimum atomic E-state index is -0.615. The Morgan fingerprint density at radius 3 is 2.55 bits per heavy atom. The van der Waals surface area contributed by atoms with E-state index in [2.05, 4.69) is 10.2 Å². The van der Waals surface area contributed by atoms with Gasteiger partial charge in [-0.2, -0.15) is 0 Å². The van der Waals surface area contributed by atoms with Crippen molar-refractivity contribution in [3.05, 3.63) is 52.3 Å². The van der Waals surface area contributed by atoms with Gasteiger partial charge in [-0.3, -0.25) is 4.79 Å². The molecule has 0 unspecified atom stereocenters. The number of amides is 1. The van der Waals surface area contributed by atoms with Crippen molar-refractivity contribution in [1.82, 2.24) is 9.88 Å². The average molecular weight is 405 g/mol. The quantitative estimate of drug-likeness (QED) is 0.795. The van der Waals surface area contributed by atoms with E-state index in [1.54, 1.807) is 0 Å². The van der Waals surface area contributed by atoms with E-state index < -0.39 is 11.6 Å². The van der Waals surface area contributed by atoms with Gasteiger partial charge in [-0.15, -0.1) is 0 Å². The number of benzene rings is 1. The maximum atomic E-state index is 14.3. The smallest absolute Gasteiger partial charge is 0.268 e. The number of carbonyl (C=O) groups is 1. The van der Waals surface area contributed by atoms with Gasteiger partial charge in [-0.1, -0.05) is 13.0 Å². The van der Waals surface area contributed by atoms with Crippen LogP contribution in [0.1, 0.15) is 47.6 Å². The Bertz CT molecular complexity index is 889. The van der Waals surface area contributed by atoms with Crippen LogP contribution in [0.3, 0.4) is 0 Å². The van der Waals surface area contributed by atoms with Gasteiger partial charge >= 0.3 is 0 Å². The fourth-order valence-electron chi connectivity index (χ4n) is 3.84. The summed E-state index contributed by atoms with van der Waals surface area (Å²) in [6, 6.07) is 3.58. The lowest BCUT2D eigenvalue weighted by Crippen LogP contribution is -2.37. The van der Waals surface area contributed by atoms with Crippen molar-refractivity contribution >= 4 is 11.6 Å². The Morgan fingerprint density at radius 2 is 1.93 bits per heavy atom. The molecule has 2 heterocycles. The topological polar surface area (TPSA) is 46.5 Å². The van der Waals surface area contributed by atoms with E-state index in [1.807, 2.05) is 32.3 Å². The molecule has 1 amide bonds. The van der Waals surface area contributed by atoms with Crippen LogP contribution in [0.15, 0.2) is 18.2 Å². The summed E-state index contributed by atoms with van der Waals surface area (Å²) in [7, 11) is 0. The summed E-state index contributed by atoms with van der Waals surface area (Å²) in [6.45, 7) is 10.7. The standard InChI is InChI=1S/C22H29F2N3O2/c1-5-14(2)25-22(28)21-15(3)20(26-8-10-29-11-9-26)16(4)27(21)13-17-6-7-18(23)12-19(17)24/h6-7,12,14H,5,8-11,13H2,1-4H3,(H,25,28)/t14-/m1/s1. The van der Waals surface area contributed by atoms with Gasteiger partial charge in [0.2, 0.25) is 0 Å². The maximum Gasteiger partial charge on any atom is 0.268 e. The summed E-state index contributed by atoms with van der Waals surface area (Å²) in [5.74, 6) is -1.41. The Kier molecular flexibility index (Phi) is 6.57. The van der Waals surface area contributed by atoms with Crippen LogP contribution in [-0.4, -0.2) is 42.8 Å². The highest BCUT2D eigenvalue weighted by atomic mass is 19.1. The van der Waals surface area contributed by atoms with Gasteiger partial charge in [-0.25, -0.2) is 8.78 Å². The van der Waals surface area contributed by atoms with Gasteiger partial charge in [-0.05, 0) is 33.3 Å². The third kappa shape index (κ3) is 4.45. The number of halogens is 2. The lowest BCUT2D eigenvalue weighted by Gasteiger charge is -2.29. The monoisotopic (exact) mass is 405 g/mol. The number of hydrogen-bond acceptors (Lipinski definition) is 3. The van der Waals surface area contributed by atoms with E-state index in [4.69, 9.17) is 4.74 Å². The minimum Gasteiger partial charge on any atom is -0.378 e. The minimum absolute atomic E-state index is 0.0277. The van der Waals surface area contributed by atoms with Crippen molar-refractivity contribution in [2.75, 3.05) is 31.2 Å². The third-order valence-electron chi connectivity index (χ3n) is 5.60. The number of rotatable bonds is 6. The molecular formula is C22H29F2N3O2. The molecule has 1 saturated heterocycles. The first-order valence-corrected chi connectivity index (χ1v) is 10.1. The summed E-state index contributed by atoms with van der Waals surface area (Å²) in [4.78, 5) is 15.3. The number of nitrogens with one attached hydrogen (secondary N) is 1. The van der Waals surface area contributed by atoms with Crippen LogP contribution >= 0.6 is 0 Å². The maximum absolute atomic E-state index is 14.3. The normalized spacial score (nSPS) is 15.4. The van der Waals surface area contributed by atoms with Gasteiger partial charge in [0, 0.05) is 42.0 Å². The van der Waals surface area contributed by atoms with E-state index >= 15 is 0 Å². The molecule has 1 aliphatic rings. The SMILES string of the molecule is CC[C@@H](C)NC(=O)c1c(C)c(N2CCOCC2)c(C)n1Cc1ccc(F)cc1F. The van der Waals surface area contributed by atoms with Crippen molar-refractivity contribution in [3.8, 4) is 0 Å². The molecule has 1 aromatic carbocycles. The second kappa shape index (κ2) is 8.95. The number of nitrogens with zero attached hydrogens (tertiary/aromatic N) is 2. The fourth-order valence-corrected chi connectivity index (χ4v) is 3.84. The van der Waals surface area contributed by atoms with E-state index in [-0.39, 0.29) is 18.5 Å². The van der Waals surface area contributed by atoms with Crippen LogP contribution in [0.2, 0.25) is 0 Å². The molecule has 2 aromatic rings. The van der Waals surface area contributed by atoms with Gasteiger partial charge in [0.15, 0.2) is 0 Å². The first-order chi connectivity index (χ1) is 13.8. The molecule has 0 saturated carbocycles. The van der Waals surface area contributed by atoms with Gasteiger partial charge in [0.1, 0.15) is 17.3 Å². The number of morpholine rings is 1. The highest BCUT2D eigenvalue weighted by Gasteiger charge is 2.27. The molecule has 1 fully saturated rings. The molecule has 29 heavy (non-hydrogen) atoms. The largest absolute Gasteiger partial charge is 0.378 e. The zero-order chi connectivity index (χ0) is 21.1. The molecule has 0 radical (unpaired) electrons. The van der Waals surface area contributed by atoms with E-state index in [1.165, 1.54) is 12.1 Å². The number of anilines is 1. The Labute approximate surface area is 170 Å². The molecule has 7 heteroatoms. The van der Waals surface area contributed by atoms with Crippen molar-refractivity contribution < 1.29 is 18.3 Å². The summed E-state index contributed by atoms with van der Waals surface area (Å²) < 4.78 is 35.0. The summed E-state index contributed by atoms with van der Waals surface area (Å²) in [6.07, 6.45) is 0.813. The zero-order valence-electron chi connectivity index (χ0n) is 17.5. The molecule has 3 rings (SSSR count). The van der Waals surface area contributed by atoms with Gasteiger partial charge in [0.05, 0.1) is 25.4 Å². The molecule has 158 valence electrons. The Hall–Kier alpha value is -2.41. The van der Waals surface area contributed by atoms with Crippen molar-refractivity contribution in [3.63, 3.8) is 0 Å². The van der Waals surface area contributed by atoms with E-state index in [0.717, 1.165) is 42.5 Å². The second-order valence-electron chi connectivity index (χ2n) is 7.61. The fraction of sp³-hybridized carbons (Fsp3) is 0.500. The molecule has 0 aliphatic carbocycles. The Balaban J connectivity index is 2.07. The van der Waals surface area contributed by atoms with E-state index in [9.17, 15) is 13.6 Å². The molecule has 1 atom stereocenters. The highest BCUT2D eigenvalue weighted by Crippen LogP contribution is 2.32. The lowest BCUT2D eigenvalue weighted by atomic mass is 10.1. The van der Waals surface area contributed by atoms with Crippen LogP contribution in [0.4, 0.5) is 14.5 Å². The predicted molar refractivity (Wildman–Crippen MR) is 110 cm³/mol. The molecule has 5 nitrogen and oxygen atoms in total. The first-order valence-electron chi connectivity index (χ1n) is 10.1. The lowest BCUT2D eigenvalue weighted by molar-refractivity contribution is 0.0929. The van der Waals surface area contributed by atoms with Gasteiger partial charge < -0.3 is 19.5 Å². The molecular weight excluding hydrogens is 376 g/mol. The Morgan fingerprint density at radius 1 is 1.24 bits per heavy atom. The highest BCUT2D eigenvalue weighted by molar-refractivity contribution is 5.96. The summed E-state index contributed by atoms with van der Waals surface area (Å²) in [5, 5.41) is 3.02. The molecule has 0 spiro atoms. The van der Waals surface area contributed by atoms with Crippen LogP contribution in [0.25, 0.3) is 0 Å². The molecule has 1 aliphatic heterocycles. The number of carbonyl (C=O) groups excluding carboxylic acids is 1. The van der Waals surface area contributed by atoms with Gasteiger partial charge in [0.25, 0.3) is 5.91 Å². The van der Waals surface area contributed by atoms with Crippen molar-refractivity contribution in [1.29, 1.82) is 0 Å². The summed E-state index contributed by atoms with van der Waals surface area (Å²) in [5.41, 5.74) is 3.61. The summed E-state index contributed by atoms with van der Waals surface area (Å²) >= 11 is 0. The molecule has 1 N–H and O–H groups in total. The molecule has 1 aromatic heterocycles. The number of hydrogen-bond donors (Lipinski definition) is 1.